The summed E-state index contributed by atoms with van der Waals surface area (Å²) in [5.74, 6) is 2.33. The van der Waals surface area contributed by atoms with Crippen LogP contribution < -0.4 is 4.90 Å². The SMILES string of the molecule is CSc1nc(C)cc(N2CCC(CN(C)C(=O)C3CCC3)CC2)n1. The van der Waals surface area contributed by atoms with Crippen LogP contribution in [0.15, 0.2) is 11.2 Å². The molecule has 132 valence electrons. The van der Waals surface area contributed by atoms with Crippen LogP contribution in [-0.4, -0.2) is 53.7 Å². The predicted octanol–water partition coefficient (Wildman–Crippen LogP) is 2.98. The van der Waals surface area contributed by atoms with Crippen LogP contribution in [0.1, 0.15) is 37.8 Å². The molecule has 0 bridgehead atoms. The molecule has 0 spiro atoms. The van der Waals surface area contributed by atoms with Crippen LogP contribution in [0, 0.1) is 18.8 Å². The maximum atomic E-state index is 12.3. The Morgan fingerprint density at radius 2 is 2.00 bits per heavy atom. The topological polar surface area (TPSA) is 49.3 Å². The zero-order valence-electron chi connectivity index (χ0n) is 15.0. The number of nitrogens with zero attached hydrogens (tertiary/aromatic N) is 4. The summed E-state index contributed by atoms with van der Waals surface area (Å²) in [6.45, 7) is 4.96. The van der Waals surface area contributed by atoms with Gasteiger partial charge in [0.15, 0.2) is 5.16 Å². The highest BCUT2D eigenvalue weighted by Crippen LogP contribution is 2.29. The van der Waals surface area contributed by atoms with Gasteiger partial charge in [-0.05, 0) is 44.8 Å². The summed E-state index contributed by atoms with van der Waals surface area (Å²) in [6, 6.07) is 2.08. The Bertz CT molecular complexity index is 582. The lowest BCUT2D eigenvalue weighted by Crippen LogP contribution is -2.42. The Morgan fingerprint density at radius 1 is 1.29 bits per heavy atom. The van der Waals surface area contributed by atoms with E-state index in [4.69, 9.17) is 0 Å². The second-order valence-corrected chi connectivity index (χ2v) is 7.90. The normalized spacial score (nSPS) is 19.2. The van der Waals surface area contributed by atoms with Crippen molar-refractivity contribution in [3.63, 3.8) is 0 Å². The number of thioether (sulfide) groups is 1. The van der Waals surface area contributed by atoms with Gasteiger partial charge < -0.3 is 9.80 Å². The minimum absolute atomic E-state index is 0.309. The maximum Gasteiger partial charge on any atom is 0.225 e. The molecule has 2 heterocycles. The molecule has 3 rings (SSSR count). The molecule has 0 atom stereocenters. The summed E-state index contributed by atoms with van der Waals surface area (Å²) in [7, 11) is 1.98. The molecule has 24 heavy (non-hydrogen) atoms. The highest BCUT2D eigenvalue weighted by atomic mass is 32.2. The van der Waals surface area contributed by atoms with Gasteiger partial charge in [0, 0.05) is 44.4 Å². The summed E-state index contributed by atoms with van der Waals surface area (Å²) < 4.78 is 0. The number of hydrogen-bond donors (Lipinski definition) is 0. The van der Waals surface area contributed by atoms with Crippen molar-refractivity contribution in [3.8, 4) is 0 Å². The Morgan fingerprint density at radius 3 is 2.58 bits per heavy atom. The largest absolute Gasteiger partial charge is 0.356 e. The van der Waals surface area contributed by atoms with Gasteiger partial charge in [0.25, 0.3) is 0 Å². The molecular formula is C18H28N4OS. The second kappa shape index (κ2) is 7.72. The van der Waals surface area contributed by atoms with Gasteiger partial charge in [-0.25, -0.2) is 9.97 Å². The number of hydrogen-bond acceptors (Lipinski definition) is 5. The van der Waals surface area contributed by atoms with Crippen molar-refractivity contribution in [1.29, 1.82) is 0 Å². The van der Waals surface area contributed by atoms with Crippen molar-refractivity contribution in [2.45, 2.75) is 44.2 Å². The summed E-state index contributed by atoms with van der Waals surface area (Å²) in [5.41, 5.74) is 1.03. The van der Waals surface area contributed by atoms with E-state index in [1.54, 1.807) is 11.8 Å². The predicted molar refractivity (Wildman–Crippen MR) is 98.5 cm³/mol. The van der Waals surface area contributed by atoms with Crippen LogP contribution in [0.3, 0.4) is 0 Å². The molecule has 6 heteroatoms. The lowest BCUT2D eigenvalue weighted by atomic mass is 9.84. The first-order valence-corrected chi connectivity index (χ1v) is 10.2. The van der Waals surface area contributed by atoms with Gasteiger partial charge in [-0.3, -0.25) is 4.79 Å². The lowest BCUT2D eigenvalue weighted by molar-refractivity contribution is -0.137. The third-order valence-corrected chi connectivity index (χ3v) is 5.85. The molecule has 1 aromatic heterocycles. The van der Waals surface area contributed by atoms with Crippen molar-refractivity contribution in [1.82, 2.24) is 14.9 Å². The number of carbonyl (C=O) groups excluding carboxylic acids is 1. The van der Waals surface area contributed by atoms with Crippen molar-refractivity contribution >= 4 is 23.5 Å². The number of carbonyl (C=O) groups is 1. The molecule has 0 N–H and O–H groups in total. The average molecular weight is 349 g/mol. The molecule has 1 aromatic rings. The Labute approximate surface area is 149 Å². The molecule has 1 aliphatic heterocycles. The molecule has 2 fully saturated rings. The van der Waals surface area contributed by atoms with Crippen LogP contribution in [0.25, 0.3) is 0 Å². The van der Waals surface area contributed by atoms with Gasteiger partial charge in [0.05, 0.1) is 0 Å². The first kappa shape index (κ1) is 17.5. The van der Waals surface area contributed by atoms with Gasteiger partial charge in [0.1, 0.15) is 5.82 Å². The van der Waals surface area contributed by atoms with Gasteiger partial charge in [-0.2, -0.15) is 0 Å². The van der Waals surface area contributed by atoms with E-state index in [0.29, 0.717) is 17.7 Å². The molecule has 0 aromatic carbocycles. The summed E-state index contributed by atoms with van der Waals surface area (Å²) in [6.07, 6.45) is 7.66. The Balaban J connectivity index is 1.52. The number of anilines is 1. The van der Waals surface area contributed by atoms with Gasteiger partial charge in [-0.15, -0.1) is 0 Å². The Hall–Kier alpha value is -1.30. The third kappa shape index (κ3) is 4.02. The van der Waals surface area contributed by atoms with E-state index < -0.39 is 0 Å². The molecule has 1 aliphatic carbocycles. The molecule has 1 amide bonds. The number of amides is 1. The average Bonchev–Trinajstić information content (AvgIpc) is 2.53. The molecule has 5 nitrogen and oxygen atoms in total. The minimum Gasteiger partial charge on any atom is -0.356 e. The maximum absolute atomic E-state index is 12.3. The third-order valence-electron chi connectivity index (χ3n) is 5.30. The van der Waals surface area contributed by atoms with Crippen LogP contribution in [-0.2, 0) is 4.79 Å². The summed E-state index contributed by atoms with van der Waals surface area (Å²) in [5, 5.41) is 0.845. The second-order valence-electron chi connectivity index (χ2n) is 7.13. The van der Waals surface area contributed by atoms with Crippen LogP contribution >= 0.6 is 11.8 Å². The number of aromatic nitrogens is 2. The first-order chi connectivity index (χ1) is 11.6. The van der Waals surface area contributed by atoms with Crippen molar-refractivity contribution in [3.05, 3.63) is 11.8 Å². The fourth-order valence-electron chi connectivity index (χ4n) is 3.57. The van der Waals surface area contributed by atoms with E-state index in [1.165, 1.54) is 6.42 Å². The van der Waals surface area contributed by atoms with E-state index in [9.17, 15) is 4.79 Å². The zero-order valence-corrected chi connectivity index (χ0v) is 15.8. The van der Waals surface area contributed by atoms with E-state index >= 15 is 0 Å². The highest BCUT2D eigenvalue weighted by molar-refractivity contribution is 7.98. The lowest BCUT2D eigenvalue weighted by Gasteiger charge is -2.36. The van der Waals surface area contributed by atoms with Crippen molar-refractivity contribution in [2.75, 3.05) is 37.8 Å². The van der Waals surface area contributed by atoms with Gasteiger partial charge >= 0.3 is 0 Å². The molecule has 0 radical (unpaired) electrons. The molecule has 2 aliphatic rings. The Kier molecular flexibility index (Phi) is 5.64. The van der Waals surface area contributed by atoms with Crippen LogP contribution in [0.2, 0.25) is 0 Å². The first-order valence-electron chi connectivity index (χ1n) is 8.96. The fourth-order valence-corrected chi connectivity index (χ4v) is 3.99. The quantitative estimate of drug-likeness (QED) is 0.605. The minimum atomic E-state index is 0.309. The highest BCUT2D eigenvalue weighted by Gasteiger charge is 2.29. The summed E-state index contributed by atoms with van der Waals surface area (Å²) in [4.78, 5) is 25.7. The zero-order chi connectivity index (χ0) is 17.1. The number of rotatable bonds is 5. The van der Waals surface area contributed by atoms with Crippen LogP contribution in [0.5, 0.6) is 0 Å². The van der Waals surface area contributed by atoms with Gasteiger partial charge in [0.2, 0.25) is 5.91 Å². The number of piperidine rings is 1. The summed E-state index contributed by atoms with van der Waals surface area (Å²) >= 11 is 1.59. The van der Waals surface area contributed by atoms with E-state index in [1.807, 2.05) is 25.1 Å². The van der Waals surface area contributed by atoms with E-state index in [-0.39, 0.29) is 0 Å². The molecule has 1 saturated carbocycles. The monoisotopic (exact) mass is 348 g/mol. The van der Waals surface area contributed by atoms with Crippen molar-refractivity contribution < 1.29 is 4.79 Å². The molecule has 1 saturated heterocycles. The fraction of sp³-hybridized carbons (Fsp3) is 0.722. The van der Waals surface area contributed by atoms with Crippen LogP contribution in [0.4, 0.5) is 5.82 Å². The standard InChI is InChI=1S/C18H28N4OS/c1-13-11-16(20-18(19-13)24-3)22-9-7-14(8-10-22)12-21(2)17(23)15-5-4-6-15/h11,14-15H,4-10,12H2,1-3H3. The van der Waals surface area contributed by atoms with Crippen molar-refractivity contribution in [2.24, 2.45) is 11.8 Å². The van der Waals surface area contributed by atoms with E-state index in [0.717, 1.165) is 62.0 Å². The molecular weight excluding hydrogens is 320 g/mol. The van der Waals surface area contributed by atoms with Gasteiger partial charge in [-0.1, -0.05) is 18.2 Å². The van der Waals surface area contributed by atoms with E-state index in [2.05, 4.69) is 20.9 Å². The smallest absolute Gasteiger partial charge is 0.225 e. The molecule has 0 unspecified atom stereocenters. The number of aryl methyl sites for hydroxylation is 1.